The molecular weight excluding hydrogens is 266 g/mol. The topological polar surface area (TPSA) is 90.2 Å². The van der Waals surface area contributed by atoms with Crippen molar-refractivity contribution in [2.75, 3.05) is 13.2 Å². The second kappa shape index (κ2) is 5.39. The van der Waals surface area contributed by atoms with Crippen LogP contribution in [0.2, 0.25) is 0 Å². The summed E-state index contributed by atoms with van der Waals surface area (Å²) in [4.78, 5) is -0.282. The van der Waals surface area contributed by atoms with Crippen molar-refractivity contribution in [2.45, 2.75) is 10.8 Å². The molecule has 0 saturated heterocycles. The molecule has 0 aliphatic rings. The molecule has 8 heteroatoms. The van der Waals surface area contributed by atoms with Crippen LogP contribution in [0.5, 0.6) is 0 Å². The first-order chi connectivity index (χ1) is 8.30. The van der Waals surface area contributed by atoms with Gasteiger partial charge in [-0.2, -0.15) is 5.26 Å². The van der Waals surface area contributed by atoms with E-state index in [1.807, 2.05) is 0 Å². The minimum Gasteiger partial charge on any atom is -0.390 e. The third-order valence-corrected chi connectivity index (χ3v) is 3.42. The van der Waals surface area contributed by atoms with Crippen molar-refractivity contribution in [3.05, 3.63) is 29.8 Å². The number of sulfonamides is 1. The summed E-state index contributed by atoms with van der Waals surface area (Å²) in [6, 6.07) is 6.71. The standard InChI is InChI=1S/C10H10F2N2O3S/c11-10(12,7-15)6-14-18(16,17)9-3-1-2-8(4-9)5-13/h1-4,14-15H,6-7H2. The molecule has 0 fully saturated rings. The molecule has 1 aromatic rings. The molecule has 0 spiro atoms. The van der Waals surface area contributed by atoms with Crippen LogP contribution in [0.4, 0.5) is 8.78 Å². The lowest BCUT2D eigenvalue weighted by molar-refractivity contribution is -0.0437. The number of aliphatic hydroxyl groups excluding tert-OH is 1. The molecule has 0 saturated carbocycles. The van der Waals surface area contributed by atoms with E-state index in [0.717, 1.165) is 6.07 Å². The van der Waals surface area contributed by atoms with Crippen LogP contribution in [0.1, 0.15) is 5.56 Å². The van der Waals surface area contributed by atoms with Crippen LogP contribution >= 0.6 is 0 Å². The third kappa shape index (κ3) is 3.73. The molecule has 0 aliphatic carbocycles. The smallest absolute Gasteiger partial charge is 0.283 e. The first-order valence-electron chi connectivity index (χ1n) is 4.79. The van der Waals surface area contributed by atoms with E-state index in [1.54, 1.807) is 10.8 Å². The van der Waals surface area contributed by atoms with Gasteiger partial charge in [-0.25, -0.2) is 21.9 Å². The highest BCUT2D eigenvalue weighted by atomic mass is 32.2. The Balaban J connectivity index is 2.91. The lowest BCUT2D eigenvalue weighted by Crippen LogP contribution is -2.38. The van der Waals surface area contributed by atoms with Crippen molar-refractivity contribution >= 4 is 10.0 Å². The van der Waals surface area contributed by atoms with Crippen molar-refractivity contribution in [1.29, 1.82) is 5.26 Å². The first-order valence-corrected chi connectivity index (χ1v) is 6.27. The lowest BCUT2D eigenvalue weighted by Gasteiger charge is -2.14. The van der Waals surface area contributed by atoms with Crippen LogP contribution in [0.15, 0.2) is 29.2 Å². The van der Waals surface area contributed by atoms with Crippen molar-refractivity contribution in [2.24, 2.45) is 0 Å². The summed E-state index contributed by atoms with van der Waals surface area (Å²) >= 11 is 0. The summed E-state index contributed by atoms with van der Waals surface area (Å²) in [6.45, 7) is -2.66. The minimum atomic E-state index is -4.13. The molecule has 18 heavy (non-hydrogen) atoms. The van der Waals surface area contributed by atoms with Gasteiger partial charge in [-0.05, 0) is 18.2 Å². The highest BCUT2D eigenvalue weighted by Gasteiger charge is 2.30. The molecule has 0 atom stereocenters. The van der Waals surface area contributed by atoms with E-state index in [2.05, 4.69) is 0 Å². The maximum absolute atomic E-state index is 12.7. The van der Waals surface area contributed by atoms with E-state index < -0.39 is 29.1 Å². The second-order valence-electron chi connectivity index (χ2n) is 3.48. The number of alkyl halides is 2. The Morgan fingerprint density at radius 3 is 2.67 bits per heavy atom. The molecular formula is C10H10F2N2O3S. The summed E-state index contributed by atoms with van der Waals surface area (Å²) in [7, 11) is -4.13. The predicted molar refractivity (Wildman–Crippen MR) is 58.4 cm³/mol. The molecule has 0 radical (unpaired) electrons. The molecule has 0 amide bonds. The molecule has 0 aromatic heterocycles. The van der Waals surface area contributed by atoms with Crippen LogP contribution in [0, 0.1) is 11.3 Å². The number of aliphatic hydroxyl groups is 1. The SMILES string of the molecule is N#Cc1cccc(S(=O)(=O)NCC(F)(F)CO)c1. The average molecular weight is 276 g/mol. The van der Waals surface area contributed by atoms with E-state index in [9.17, 15) is 17.2 Å². The van der Waals surface area contributed by atoms with Gasteiger partial charge >= 0.3 is 0 Å². The van der Waals surface area contributed by atoms with E-state index in [1.165, 1.54) is 18.2 Å². The van der Waals surface area contributed by atoms with E-state index in [-0.39, 0.29) is 10.5 Å². The van der Waals surface area contributed by atoms with Crippen LogP contribution in [0.25, 0.3) is 0 Å². The van der Waals surface area contributed by atoms with Gasteiger partial charge in [-0.3, -0.25) is 0 Å². The number of benzene rings is 1. The number of nitrogens with one attached hydrogen (secondary N) is 1. The van der Waals surface area contributed by atoms with E-state index in [4.69, 9.17) is 10.4 Å². The van der Waals surface area contributed by atoms with Crippen LogP contribution < -0.4 is 4.72 Å². The Morgan fingerprint density at radius 1 is 1.44 bits per heavy atom. The van der Waals surface area contributed by atoms with Crippen molar-refractivity contribution in [1.82, 2.24) is 4.72 Å². The average Bonchev–Trinajstić information content (AvgIpc) is 2.37. The zero-order valence-electron chi connectivity index (χ0n) is 9.10. The normalized spacial score (nSPS) is 12.1. The Hall–Kier alpha value is -1.56. The monoisotopic (exact) mass is 276 g/mol. The fourth-order valence-corrected chi connectivity index (χ4v) is 2.18. The molecule has 1 aromatic carbocycles. The van der Waals surface area contributed by atoms with Crippen LogP contribution in [0.3, 0.4) is 0 Å². The number of nitriles is 1. The van der Waals surface area contributed by atoms with Crippen LogP contribution in [-0.2, 0) is 10.0 Å². The van der Waals surface area contributed by atoms with Crippen molar-refractivity contribution < 1.29 is 22.3 Å². The first kappa shape index (κ1) is 14.5. The van der Waals surface area contributed by atoms with Gasteiger partial charge in [0, 0.05) is 0 Å². The second-order valence-corrected chi connectivity index (χ2v) is 5.25. The summed E-state index contributed by atoms with van der Waals surface area (Å²) in [5.74, 6) is -3.53. The maximum atomic E-state index is 12.7. The summed E-state index contributed by atoms with van der Waals surface area (Å²) in [5, 5.41) is 16.9. The quantitative estimate of drug-likeness (QED) is 0.817. The molecule has 0 aliphatic heterocycles. The summed E-state index contributed by atoms with van der Waals surface area (Å²) in [6.07, 6.45) is 0. The van der Waals surface area contributed by atoms with Crippen molar-refractivity contribution in [3.8, 4) is 6.07 Å². The molecule has 0 heterocycles. The largest absolute Gasteiger partial charge is 0.390 e. The van der Waals surface area contributed by atoms with Gasteiger partial charge in [-0.1, -0.05) is 6.07 Å². The van der Waals surface area contributed by atoms with Gasteiger partial charge in [0.2, 0.25) is 10.0 Å². The van der Waals surface area contributed by atoms with Crippen LogP contribution in [-0.4, -0.2) is 32.6 Å². The Bertz CT molecular complexity index is 567. The summed E-state index contributed by atoms with van der Waals surface area (Å²) < 4.78 is 50.4. The highest BCUT2D eigenvalue weighted by molar-refractivity contribution is 7.89. The van der Waals surface area contributed by atoms with Gasteiger partial charge in [-0.15, -0.1) is 0 Å². The third-order valence-electron chi connectivity index (χ3n) is 2.03. The molecule has 98 valence electrons. The molecule has 5 nitrogen and oxygen atoms in total. The summed E-state index contributed by atoms with van der Waals surface area (Å²) in [5.41, 5.74) is 0.104. The fraction of sp³-hybridized carbons (Fsp3) is 0.300. The Kier molecular flexibility index (Phi) is 4.34. The highest BCUT2D eigenvalue weighted by Crippen LogP contribution is 2.14. The van der Waals surface area contributed by atoms with E-state index in [0.29, 0.717) is 0 Å². The van der Waals surface area contributed by atoms with Gasteiger partial charge in [0.1, 0.15) is 6.61 Å². The van der Waals surface area contributed by atoms with Gasteiger partial charge < -0.3 is 5.11 Å². The number of hydrogen-bond acceptors (Lipinski definition) is 4. The molecule has 2 N–H and O–H groups in total. The van der Waals surface area contributed by atoms with E-state index >= 15 is 0 Å². The van der Waals surface area contributed by atoms with Crippen molar-refractivity contribution in [3.63, 3.8) is 0 Å². The van der Waals surface area contributed by atoms with Gasteiger partial charge in [0.25, 0.3) is 5.92 Å². The number of halogens is 2. The lowest BCUT2D eigenvalue weighted by atomic mass is 10.2. The predicted octanol–water partition coefficient (Wildman–Crippen LogP) is 0.464. The fourth-order valence-electron chi connectivity index (χ4n) is 1.07. The molecule has 0 bridgehead atoms. The number of nitrogens with zero attached hydrogens (tertiary/aromatic N) is 1. The maximum Gasteiger partial charge on any atom is 0.283 e. The van der Waals surface area contributed by atoms with Gasteiger partial charge in [0.15, 0.2) is 0 Å². The Morgan fingerprint density at radius 2 is 2.11 bits per heavy atom. The molecule has 1 rings (SSSR count). The minimum absolute atomic E-state index is 0.104. The zero-order valence-corrected chi connectivity index (χ0v) is 9.92. The molecule has 0 unspecified atom stereocenters. The number of rotatable bonds is 5. The zero-order chi connectivity index (χ0) is 13.8. The Labute approximate surface area is 103 Å². The number of hydrogen-bond donors (Lipinski definition) is 2. The van der Waals surface area contributed by atoms with Gasteiger partial charge in [0.05, 0.1) is 23.1 Å².